The highest BCUT2D eigenvalue weighted by Crippen LogP contribution is 2.48. The van der Waals surface area contributed by atoms with E-state index < -0.39 is 10.8 Å². The molecule has 0 spiro atoms. The lowest BCUT2D eigenvalue weighted by Crippen LogP contribution is -2.32. The van der Waals surface area contributed by atoms with E-state index >= 15 is 0 Å². The molecule has 2 saturated carbocycles. The molecule has 0 amide bonds. The third-order valence-corrected chi connectivity index (χ3v) is 5.65. The molecule has 0 N–H and O–H groups in total. The van der Waals surface area contributed by atoms with Crippen LogP contribution in [0.3, 0.4) is 0 Å². The van der Waals surface area contributed by atoms with Gasteiger partial charge in [0.25, 0.3) is 0 Å². The van der Waals surface area contributed by atoms with Crippen LogP contribution in [-0.4, -0.2) is 9.96 Å². The highest BCUT2D eigenvalue weighted by Gasteiger charge is 2.36. The van der Waals surface area contributed by atoms with E-state index in [9.17, 15) is 4.21 Å². The molecule has 0 bridgehead atoms. The summed E-state index contributed by atoms with van der Waals surface area (Å²) in [6.07, 6.45) is 9.13. The summed E-state index contributed by atoms with van der Waals surface area (Å²) in [6.45, 7) is 0. The summed E-state index contributed by atoms with van der Waals surface area (Å²) >= 11 is 0. The molecule has 2 fully saturated rings. The molecule has 1 aromatic carbocycles. The van der Waals surface area contributed by atoms with Crippen molar-refractivity contribution in [1.82, 2.24) is 0 Å². The Morgan fingerprint density at radius 2 is 1.94 bits per heavy atom. The maximum atomic E-state index is 12.1. The van der Waals surface area contributed by atoms with Crippen molar-refractivity contribution >= 4 is 10.8 Å². The highest BCUT2D eigenvalue weighted by atomic mass is 32.2. The molecule has 2 aliphatic carbocycles. The molecule has 0 aromatic heterocycles. The van der Waals surface area contributed by atoms with E-state index in [-0.39, 0.29) is 0 Å². The van der Waals surface area contributed by atoms with Crippen LogP contribution >= 0.6 is 0 Å². The first-order chi connectivity index (χ1) is 8.84. The Balaban J connectivity index is 1.60. The van der Waals surface area contributed by atoms with Gasteiger partial charge in [-0.15, -0.1) is 0 Å². The predicted octanol–water partition coefficient (Wildman–Crippen LogP) is 3.93. The van der Waals surface area contributed by atoms with Crippen LogP contribution in [0.25, 0.3) is 0 Å². The minimum absolute atomic E-state index is 0.697. The van der Waals surface area contributed by atoms with Crippen molar-refractivity contribution in [2.24, 2.45) is 11.8 Å². The minimum Gasteiger partial charge on any atom is -0.254 e. The third-order valence-electron chi connectivity index (χ3n) is 4.39. The smallest absolute Gasteiger partial charge is 0.0568 e. The Morgan fingerprint density at radius 3 is 2.72 bits per heavy atom. The summed E-state index contributed by atoms with van der Waals surface area (Å²) in [7, 11) is -0.860. The maximum Gasteiger partial charge on any atom is 0.0568 e. The topological polar surface area (TPSA) is 17.1 Å². The van der Waals surface area contributed by atoms with E-state index in [0.29, 0.717) is 5.75 Å². The van der Waals surface area contributed by atoms with E-state index in [4.69, 9.17) is 0 Å². The molecule has 1 nitrogen and oxygen atoms in total. The van der Waals surface area contributed by atoms with Gasteiger partial charge in [0.1, 0.15) is 0 Å². The lowest BCUT2D eigenvalue weighted by atomic mass is 9.62. The summed E-state index contributed by atoms with van der Waals surface area (Å²) in [5.74, 6) is 2.49. The Morgan fingerprint density at radius 1 is 1.17 bits per heavy atom. The van der Waals surface area contributed by atoms with Crippen molar-refractivity contribution in [3.8, 4) is 0 Å². The molecular formula is C16H20OS. The predicted molar refractivity (Wildman–Crippen MR) is 75.9 cm³/mol. The van der Waals surface area contributed by atoms with Crippen molar-refractivity contribution in [3.63, 3.8) is 0 Å². The van der Waals surface area contributed by atoms with Gasteiger partial charge in [0, 0.05) is 10.6 Å². The van der Waals surface area contributed by atoms with Gasteiger partial charge in [0.15, 0.2) is 0 Å². The lowest BCUT2D eigenvalue weighted by Gasteiger charge is -2.43. The molecule has 2 heteroatoms. The van der Waals surface area contributed by atoms with Crippen LogP contribution in [0.15, 0.2) is 46.9 Å². The molecule has 2 aliphatic rings. The number of hydrogen-bond acceptors (Lipinski definition) is 1. The van der Waals surface area contributed by atoms with Crippen LogP contribution in [0.4, 0.5) is 0 Å². The van der Waals surface area contributed by atoms with Gasteiger partial charge in [-0.1, -0.05) is 42.7 Å². The fraction of sp³-hybridized carbons (Fsp3) is 0.500. The maximum absolute atomic E-state index is 12.1. The molecule has 1 aromatic rings. The van der Waals surface area contributed by atoms with Gasteiger partial charge >= 0.3 is 0 Å². The van der Waals surface area contributed by atoms with Crippen molar-refractivity contribution in [3.05, 3.63) is 42.0 Å². The molecule has 18 heavy (non-hydrogen) atoms. The Bertz CT molecular complexity index is 463. The van der Waals surface area contributed by atoms with Crippen LogP contribution in [0.2, 0.25) is 0 Å². The van der Waals surface area contributed by atoms with E-state index in [1.807, 2.05) is 30.3 Å². The molecule has 0 saturated heterocycles. The second kappa shape index (κ2) is 5.40. The van der Waals surface area contributed by atoms with Gasteiger partial charge in [0.05, 0.1) is 10.8 Å². The molecule has 3 atom stereocenters. The van der Waals surface area contributed by atoms with Crippen molar-refractivity contribution in [1.29, 1.82) is 0 Å². The summed E-state index contributed by atoms with van der Waals surface area (Å²) in [5.41, 5.74) is 1.59. The molecule has 0 aliphatic heterocycles. The second-order valence-corrected chi connectivity index (χ2v) is 6.96. The SMILES string of the molecule is O=S(C/C=C1/CC2CCCCC12)c1ccccc1. The summed E-state index contributed by atoms with van der Waals surface area (Å²) in [6, 6.07) is 9.80. The van der Waals surface area contributed by atoms with Gasteiger partial charge < -0.3 is 0 Å². The Labute approximate surface area is 112 Å². The van der Waals surface area contributed by atoms with Crippen LogP contribution in [-0.2, 0) is 10.8 Å². The number of rotatable bonds is 3. The zero-order chi connectivity index (χ0) is 12.4. The lowest BCUT2D eigenvalue weighted by molar-refractivity contribution is 0.193. The normalized spacial score (nSPS) is 30.6. The summed E-state index contributed by atoms with van der Waals surface area (Å²) in [4.78, 5) is 0.953. The van der Waals surface area contributed by atoms with Gasteiger partial charge in [-0.25, -0.2) is 0 Å². The standard InChI is InChI=1S/C16H20OS/c17-18(15-7-2-1-3-8-15)11-10-14-12-13-6-4-5-9-16(13)14/h1-3,7-8,10,13,16H,4-6,9,11-12H2/b14-10-. The minimum atomic E-state index is -0.860. The average molecular weight is 260 g/mol. The molecule has 0 radical (unpaired) electrons. The quantitative estimate of drug-likeness (QED) is 0.753. The Kier molecular flexibility index (Phi) is 3.64. The fourth-order valence-corrected chi connectivity index (χ4v) is 4.34. The Hall–Kier alpha value is -0.890. The molecule has 3 rings (SSSR count). The van der Waals surface area contributed by atoms with E-state index in [1.165, 1.54) is 32.1 Å². The van der Waals surface area contributed by atoms with Crippen LogP contribution in [0.5, 0.6) is 0 Å². The third kappa shape index (κ3) is 2.44. The first kappa shape index (κ1) is 12.2. The monoisotopic (exact) mass is 260 g/mol. The van der Waals surface area contributed by atoms with Crippen molar-refractivity contribution in [2.75, 3.05) is 5.75 Å². The van der Waals surface area contributed by atoms with E-state index in [0.717, 1.165) is 16.7 Å². The van der Waals surface area contributed by atoms with Crippen LogP contribution < -0.4 is 0 Å². The zero-order valence-electron chi connectivity index (χ0n) is 10.7. The average Bonchev–Trinajstić information content (AvgIpc) is 2.40. The second-order valence-electron chi connectivity index (χ2n) is 5.46. The number of hydrogen-bond donors (Lipinski definition) is 0. The van der Waals surface area contributed by atoms with Crippen molar-refractivity contribution in [2.45, 2.75) is 37.0 Å². The highest BCUT2D eigenvalue weighted by molar-refractivity contribution is 7.85. The van der Waals surface area contributed by atoms with Gasteiger partial charge in [-0.3, -0.25) is 4.21 Å². The molecule has 96 valence electrons. The number of benzene rings is 1. The number of allylic oxidation sites excluding steroid dienone is 1. The van der Waals surface area contributed by atoms with Crippen LogP contribution in [0.1, 0.15) is 32.1 Å². The van der Waals surface area contributed by atoms with E-state index in [2.05, 4.69) is 6.08 Å². The molecular weight excluding hydrogens is 240 g/mol. The zero-order valence-corrected chi connectivity index (χ0v) is 11.5. The molecule has 0 heterocycles. The van der Waals surface area contributed by atoms with Crippen LogP contribution in [0, 0.1) is 11.8 Å². The van der Waals surface area contributed by atoms with Gasteiger partial charge in [-0.2, -0.15) is 0 Å². The first-order valence-electron chi connectivity index (χ1n) is 6.97. The summed E-state index contributed by atoms with van der Waals surface area (Å²) < 4.78 is 12.1. The first-order valence-corrected chi connectivity index (χ1v) is 8.29. The van der Waals surface area contributed by atoms with Gasteiger partial charge in [-0.05, 0) is 43.2 Å². The van der Waals surface area contributed by atoms with E-state index in [1.54, 1.807) is 5.57 Å². The fourth-order valence-electron chi connectivity index (χ4n) is 3.32. The molecule has 3 unspecified atom stereocenters. The summed E-state index contributed by atoms with van der Waals surface area (Å²) in [5, 5.41) is 0. The van der Waals surface area contributed by atoms with Gasteiger partial charge in [0.2, 0.25) is 0 Å². The van der Waals surface area contributed by atoms with Crippen molar-refractivity contribution < 1.29 is 4.21 Å². The largest absolute Gasteiger partial charge is 0.254 e. The number of fused-ring (bicyclic) bond motifs is 1.